The largest absolute Gasteiger partial charge is 0.324 e. The molecule has 0 radical (unpaired) electrons. The van der Waals surface area contributed by atoms with Crippen LogP contribution in [0.3, 0.4) is 0 Å². The normalized spacial score (nSPS) is 11.3. The second kappa shape index (κ2) is 5.83. The Morgan fingerprint density at radius 2 is 2.20 bits per heavy atom. The molecule has 2 aromatic rings. The first-order chi connectivity index (χ1) is 9.51. The second-order valence-corrected chi connectivity index (χ2v) is 5.12. The molecule has 6 nitrogen and oxygen atoms in total. The molecule has 1 heterocycles. The molecular formula is C14H19N5O. The van der Waals surface area contributed by atoms with Crippen LogP contribution in [0.2, 0.25) is 0 Å². The lowest BCUT2D eigenvalue weighted by Crippen LogP contribution is -2.47. The van der Waals surface area contributed by atoms with E-state index in [0.29, 0.717) is 6.54 Å². The van der Waals surface area contributed by atoms with Crippen molar-refractivity contribution >= 4 is 11.6 Å². The van der Waals surface area contributed by atoms with Gasteiger partial charge < -0.3 is 10.6 Å². The Kier molecular flexibility index (Phi) is 4.14. The number of benzene rings is 1. The first-order valence-electron chi connectivity index (χ1n) is 6.43. The highest BCUT2D eigenvalue weighted by molar-refractivity contribution is 5.97. The molecule has 20 heavy (non-hydrogen) atoms. The van der Waals surface area contributed by atoms with Crippen LogP contribution in [0.5, 0.6) is 0 Å². The molecule has 0 atom stereocenters. The van der Waals surface area contributed by atoms with Gasteiger partial charge in [0.2, 0.25) is 5.91 Å². The molecule has 0 saturated carbocycles. The van der Waals surface area contributed by atoms with Crippen molar-refractivity contribution in [1.82, 2.24) is 20.1 Å². The highest BCUT2D eigenvalue weighted by Crippen LogP contribution is 2.14. The van der Waals surface area contributed by atoms with E-state index in [4.69, 9.17) is 0 Å². The Morgan fingerprint density at radius 1 is 1.40 bits per heavy atom. The topological polar surface area (TPSA) is 71.8 Å². The number of carbonyl (C=O) groups excluding carboxylic acids is 1. The molecule has 6 heteroatoms. The van der Waals surface area contributed by atoms with Gasteiger partial charge in [-0.05, 0) is 38.6 Å². The predicted molar refractivity (Wildman–Crippen MR) is 77.3 cm³/mol. The standard InChI is InChI=1S/C14H19N5O/c1-14(2,15-3)13(20)18-12-6-4-5-11(7-12)8-19-10-16-9-17-19/h4-7,9-10,15H,8H2,1-3H3,(H,18,20). The molecule has 106 valence electrons. The summed E-state index contributed by atoms with van der Waals surface area (Å²) in [4.78, 5) is 16.0. The van der Waals surface area contributed by atoms with Crippen molar-refractivity contribution in [2.24, 2.45) is 0 Å². The summed E-state index contributed by atoms with van der Waals surface area (Å²) in [6.07, 6.45) is 3.16. The third-order valence-electron chi connectivity index (χ3n) is 3.19. The number of likely N-dealkylation sites (N-methyl/N-ethyl adjacent to an activating group) is 1. The van der Waals surface area contributed by atoms with Crippen LogP contribution >= 0.6 is 0 Å². The number of carbonyl (C=O) groups is 1. The number of amides is 1. The van der Waals surface area contributed by atoms with Crippen molar-refractivity contribution < 1.29 is 4.79 Å². The van der Waals surface area contributed by atoms with E-state index in [1.807, 2.05) is 38.1 Å². The summed E-state index contributed by atoms with van der Waals surface area (Å²) in [5.74, 6) is -0.0714. The molecule has 1 amide bonds. The van der Waals surface area contributed by atoms with Gasteiger partial charge in [-0.3, -0.25) is 4.79 Å². The molecule has 1 aromatic carbocycles. The molecule has 0 saturated heterocycles. The lowest BCUT2D eigenvalue weighted by molar-refractivity contribution is -0.121. The third-order valence-corrected chi connectivity index (χ3v) is 3.19. The highest BCUT2D eigenvalue weighted by atomic mass is 16.2. The van der Waals surface area contributed by atoms with Crippen molar-refractivity contribution in [3.05, 3.63) is 42.5 Å². The number of nitrogens with one attached hydrogen (secondary N) is 2. The van der Waals surface area contributed by atoms with Crippen LogP contribution in [-0.4, -0.2) is 33.3 Å². The summed E-state index contributed by atoms with van der Waals surface area (Å²) in [6, 6.07) is 7.70. The number of hydrogen-bond donors (Lipinski definition) is 2. The zero-order valence-electron chi connectivity index (χ0n) is 11.9. The van der Waals surface area contributed by atoms with E-state index in [1.54, 1.807) is 18.1 Å². The summed E-state index contributed by atoms with van der Waals surface area (Å²) in [5, 5.41) is 9.95. The van der Waals surface area contributed by atoms with Crippen LogP contribution in [0.4, 0.5) is 5.69 Å². The van der Waals surface area contributed by atoms with Gasteiger partial charge in [0.25, 0.3) is 0 Å². The quantitative estimate of drug-likeness (QED) is 0.860. The summed E-state index contributed by atoms with van der Waals surface area (Å²) in [6.45, 7) is 4.29. The van der Waals surface area contributed by atoms with Crippen LogP contribution in [0.1, 0.15) is 19.4 Å². The van der Waals surface area contributed by atoms with E-state index in [9.17, 15) is 4.79 Å². The zero-order chi connectivity index (χ0) is 14.6. The molecule has 0 aliphatic carbocycles. The molecule has 0 spiro atoms. The Morgan fingerprint density at radius 3 is 2.85 bits per heavy atom. The maximum absolute atomic E-state index is 12.1. The summed E-state index contributed by atoms with van der Waals surface area (Å²) in [5.41, 5.74) is 1.22. The van der Waals surface area contributed by atoms with Crippen LogP contribution in [0, 0.1) is 0 Å². The first kappa shape index (κ1) is 14.2. The number of aromatic nitrogens is 3. The molecule has 2 N–H and O–H groups in total. The lowest BCUT2D eigenvalue weighted by atomic mass is 10.0. The van der Waals surface area contributed by atoms with Gasteiger partial charge in [0, 0.05) is 5.69 Å². The third kappa shape index (κ3) is 3.42. The molecule has 0 bridgehead atoms. The van der Waals surface area contributed by atoms with Crippen molar-refractivity contribution in [2.45, 2.75) is 25.9 Å². The number of rotatable bonds is 5. The van der Waals surface area contributed by atoms with Crippen LogP contribution in [0.15, 0.2) is 36.9 Å². The minimum absolute atomic E-state index is 0.0714. The van der Waals surface area contributed by atoms with Gasteiger partial charge in [-0.1, -0.05) is 12.1 Å². The van der Waals surface area contributed by atoms with E-state index >= 15 is 0 Å². The maximum Gasteiger partial charge on any atom is 0.244 e. The van der Waals surface area contributed by atoms with Gasteiger partial charge in [-0.15, -0.1) is 0 Å². The maximum atomic E-state index is 12.1. The van der Waals surface area contributed by atoms with Crippen molar-refractivity contribution in [1.29, 1.82) is 0 Å². The fraction of sp³-hybridized carbons (Fsp3) is 0.357. The minimum atomic E-state index is -0.609. The van der Waals surface area contributed by atoms with Crippen LogP contribution in [-0.2, 0) is 11.3 Å². The number of nitrogens with zero attached hydrogens (tertiary/aromatic N) is 3. The van der Waals surface area contributed by atoms with Gasteiger partial charge >= 0.3 is 0 Å². The molecule has 2 rings (SSSR count). The number of anilines is 1. The van der Waals surface area contributed by atoms with E-state index in [-0.39, 0.29) is 5.91 Å². The average Bonchev–Trinajstić information content (AvgIpc) is 2.92. The fourth-order valence-electron chi connectivity index (χ4n) is 1.65. The highest BCUT2D eigenvalue weighted by Gasteiger charge is 2.25. The summed E-state index contributed by atoms with van der Waals surface area (Å²) < 4.78 is 1.73. The van der Waals surface area contributed by atoms with Crippen LogP contribution in [0.25, 0.3) is 0 Å². The van der Waals surface area contributed by atoms with E-state index < -0.39 is 5.54 Å². The van der Waals surface area contributed by atoms with Crippen molar-refractivity contribution in [3.8, 4) is 0 Å². The molecule has 0 aliphatic heterocycles. The molecule has 0 fully saturated rings. The zero-order valence-corrected chi connectivity index (χ0v) is 11.9. The Labute approximate surface area is 118 Å². The number of hydrogen-bond acceptors (Lipinski definition) is 4. The van der Waals surface area contributed by atoms with Gasteiger partial charge in [0.15, 0.2) is 0 Å². The molecule has 0 aliphatic rings. The second-order valence-electron chi connectivity index (χ2n) is 5.12. The van der Waals surface area contributed by atoms with E-state index in [2.05, 4.69) is 20.7 Å². The van der Waals surface area contributed by atoms with Gasteiger partial charge in [-0.2, -0.15) is 5.10 Å². The molecular weight excluding hydrogens is 254 g/mol. The SMILES string of the molecule is CNC(C)(C)C(=O)Nc1cccc(Cn2cncn2)c1. The van der Waals surface area contributed by atoms with Gasteiger partial charge in [0.05, 0.1) is 12.1 Å². The van der Waals surface area contributed by atoms with Crippen molar-refractivity contribution in [2.75, 3.05) is 12.4 Å². The van der Waals surface area contributed by atoms with Gasteiger partial charge in [-0.25, -0.2) is 9.67 Å². The monoisotopic (exact) mass is 273 g/mol. The Hall–Kier alpha value is -2.21. The van der Waals surface area contributed by atoms with Crippen LogP contribution < -0.4 is 10.6 Å². The Balaban J connectivity index is 2.08. The van der Waals surface area contributed by atoms with Crippen molar-refractivity contribution in [3.63, 3.8) is 0 Å². The Bertz CT molecular complexity index is 577. The smallest absolute Gasteiger partial charge is 0.244 e. The first-order valence-corrected chi connectivity index (χ1v) is 6.43. The van der Waals surface area contributed by atoms with E-state index in [0.717, 1.165) is 11.3 Å². The summed E-state index contributed by atoms with van der Waals surface area (Å²) >= 11 is 0. The molecule has 1 aromatic heterocycles. The fourth-order valence-corrected chi connectivity index (χ4v) is 1.65. The summed E-state index contributed by atoms with van der Waals surface area (Å²) in [7, 11) is 1.76. The minimum Gasteiger partial charge on any atom is -0.324 e. The molecule has 0 unspecified atom stereocenters. The predicted octanol–water partition coefficient (Wildman–Crippen LogP) is 1.26. The van der Waals surface area contributed by atoms with E-state index in [1.165, 1.54) is 6.33 Å². The average molecular weight is 273 g/mol. The van der Waals surface area contributed by atoms with Gasteiger partial charge in [0.1, 0.15) is 12.7 Å². The lowest BCUT2D eigenvalue weighted by Gasteiger charge is -2.22.